The molecule has 0 aliphatic carbocycles. The molecule has 0 spiro atoms. The Morgan fingerprint density at radius 2 is 2.00 bits per heavy atom. The van der Waals surface area contributed by atoms with E-state index in [1.165, 1.54) is 7.11 Å². The van der Waals surface area contributed by atoms with E-state index >= 15 is 0 Å². The first-order valence-corrected chi connectivity index (χ1v) is 3.87. The zero-order valence-corrected chi connectivity index (χ0v) is 7.46. The lowest BCUT2D eigenvalue weighted by molar-refractivity contribution is -0.146. The number of esters is 1. The quantitative estimate of drug-likeness (QED) is 0.435. The molecule has 0 saturated heterocycles. The zero-order chi connectivity index (χ0) is 9.40. The van der Waals surface area contributed by atoms with Crippen LogP contribution < -0.4 is 0 Å². The van der Waals surface area contributed by atoms with E-state index in [1.807, 2.05) is 6.92 Å². The topological polar surface area (TPSA) is 52.6 Å². The highest BCUT2D eigenvalue weighted by atomic mass is 16.5. The van der Waals surface area contributed by atoms with Crippen molar-refractivity contribution in [3.63, 3.8) is 0 Å². The largest absolute Gasteiger partial charge is 0.465 e. The summed E-state index contributed by atoms with van der Waals surface area (Å²) in [6.07, 6.45) is 0.581. The Morgan fingerprint density at radius 3 is 2.50 bits per heavy atom. The van der Waals surface area contributed by atoms with Gasteiger partial charge in [0, 0.05) is 7.11 Å². The molecule has 0 amide bonds. The Labute approximate surface area is 71.8 Å². The minimum atomic E-state index is -0.473. The molecule has 0 aromatic heterocycles. The molecule has 70 valence electrons. The first-order valence-electron chi connectivity index (χ1n) is 3.87. The maximum absolute atomic E-state index is 10.8. The van der Waals surface area contributed by atoms with Crippen molar-refractivity contribution in [2.45, 2.75) is 19.8 Å². The van der Waals surface area contributed by atoms with Crippen molar-refractivity contribution in [2.24, 2.45) is 0 Å². The number of Topliss-reactive ketones (excluding diaryl/α,β-unsaturated/α-hetero) is 1. The van der Waals surface area contributed by atoms with Crippen LogP contribution in [0.3, 0.4) is 0 Å². The second kappa shape index (κ2) is 6.79. The van der Waals surface area contributed by atoms with Crippen molar-refractivity contribution in [1.82, 2.24) is 0 Å². The average molecular weight is 174 g/mol. The van der Waals surface area contributed by atoms with Gasteiger partial charge in [-0.1, -0.05) is 6.92 Å². The molecule has 0 aromatic rings. The SMILES string of the molecule is CCCOC(=O)CC(=O)COC. The number of ether oxygens (including phenoxy) is 2. The van der Waals surface area contributed by atoms with Crippen LogP contribution in [0.15, 0.2) is 0 Å². The van der Waals surface area contributed by atoms with E-state index in [0.29, 0.717) is 6.61 Å². The summed E-state index contributed by atoms with van der Waals surface area (Å²) in [6.45, 7) is 2.24. The molecular weight excluding hydrogens is 160 g/mol. The second-order valence-corrected chi connectivity index (χ2v) is 2.37. The molecule has 0 radical (unpaired) electrons. The Balaban J connectivity index is 3.47. The Morgan fingerprint density at radius 1 is 1.33 bits per heavy atom. The van der Waals surface area contributed by atoms with Gasteiger partial charge in [0.05, 0.1) is 6.61 Å². The normalized spacial score (nSPS) is 9.50. The number of methoxy groups -OCH3 is 1. The molecule has 4 nitrogen and oxygen atoms in total. The molecule has 0 aliphatic rings. The van der Waals surface area contributed by atoms with Gasteiger partial charge in [-0.2, -0.15) is 0 Å². The van der Waals surface area contributed by atoms with E-state index in [2.05, 4.69) is 4.74 Å². The van der Waals surface area contributed by atoms with Gasteiger partial charge >= 0.3 is 5.97 Å². The minimum Gasteiger partial charge on any atom is -0.465 e. The highest BCUT2D eigenvalue weighted by Gasteiger charge is 2.09. The highest BCUT2D eigenvalue weighted by Crippen LogP contribution is 1.90. The van der Waals surface area contributed by atoms with E-state index < -0.39 is 5.97 Å². The molecular formula is C8H14O4. The van der Waals surface area contributed by atoms with Gasteiger partial charge in [-0.25, -0.2) is 0 Å². The standard InChI is InChI=1S/C8H14O4/c1-3-4-12-8(10)5-7(9)6-11-2/h3-6H2,1-2H3. The van der Waals surface area contributed by atoms with Crippen LogP contribution in [0.2, 0.25) is 0 Å². The van der Waals surface area contributed by atoms with Gasteiger partial charge in [-0.05, 0) is 6.42 Å². The van der Waals surface area contributed by atoms with Gasteiger partial charge in [0.15, 0.2) is 5.78 Å². The molecule has 0 heterocycles. The summed E-state index contributed by atoms with van der Waals surface area (Å²) in [7, 11) is 1.41. The lowest BCUT2D eigenvalue weighted by Gasteiger charge is -2.01. The first kappa shape index (κ1) is 11.1. The summed E-state index contributed by atoms with van der Waals surface area (Å²) in [4.78, 5) is 21.6. The first-order chi connectivity index (χ1) is 5.70. The fourth-order valence-corrected chi connectivity index (χ4v) is 0.640. The molecule has 12 heavy (non-hydrogen) atoms. The maximum atomic E-state index is 10.8. The van der Waals surface area contributed by atoms with Crippen LogP contribution in [0.25, 0.3) is 0 Å². The van der Waals surface area contributed by atoms with Crippen LogP contribution in [0.1, 0.15) is 19.8 Å². The van der Waals surface area contributed by atoms with Gasteiger partial charge < -0.3 is 9.47 Å². The molecule has 0 bridgehead atoms. The molecule has 0 aromatic carbocycles. The number of carbonyl (C=O) groups excluding carboxylic acids is 2. The van der Waals surface area contributed by atoms with Crippen LogP contribution in [-0.4, -0.2) is 32.1 Å². The predicted octanol–water partition coefficient (Wildman–Crippen LogP) is 0.545. The summed E-state index contributed by atoms with van der Waals surface area (Å²) in [5.74, 6) is -0.725. The van der Waals surface area contributed by atoms with E-state index in [-0.39, 0.29) is 18.8 Å². The van der Waals surface area contributed by atoms with Crippen LogP contribution in [0.5, 0.6) is 0 Å². The van der Waals surface area contributed by atoms with Crippen LogP contribution in [0.4, 0.5) is 0 Å². The van der Waals surface area contributed by atoms with Gasteiger partial charge in [0.1, 0.15) is 13.0 Å². The smallest absolute Gasteiger partial charge is 0.313 e. The third-order valence-corrected chi connectivity index (χ3v) is 1.11. The summed E-state index contributed by atoms with van der Waals surface area (Å²) in [6, 6.07) is 0. The van der Waals surface area contributed by atoms with Crippen molar-refractivity contribution in [3.8, 4) is 0 Å². The molecule has 0 aliphatic heterocycles. The van der Waals surface area contributed by atoms with E-state index in [9.17, 15) is 9.59 Å². The molecule has 0 atom stereocenters. The molecule has 0 fully saturated rings. The molecule has 0 saturated carbocycles. The summed E-state index contributed by atoms with van der Waals surface area (Å²) >= 11 is 0. The Hall–Kier alpha value is -0.900. The number of rotatable bonds is 6. The van der Waals surface area contributed by atoms with Crippen molar-refractivity contribution in [3.05, 3.63) is 0 Å². The van der Waals surface area contributed by atoms with Crippen LogP contribution in [-0.2, 0) is 19.1 Å². The van der Waals surface area contributed by atoms with Crippen molar-refractivity contribution >= 4 is 11.8 Å². The number of carbonyl (C=O) groups is 2. The fraction of sp³-hybridized carbons (Fsp3) is 0.750. The average Bonchev–Trinajstić information content (AvgIpc) is 2.01. The van der Waals surface area contributed by atoms with E-state index in [4.69, 9.17) is 4.74 Å². The summed E-state index contributed by atoms with van der Waals surface area (Å²) < 4.78 is 9.24. The van der Waals surface area contributed by atoms with Gasteiger partial charge in [-0.15, -0.1) is 0 Å². The van der Waals surface area contributed by atoms with Crippen LogP contribution in [0, 0.1) is 0 Å². The monoisotopic (exact) mass is 174 g/mol. The summed E-state index contributed by atoms with van der Waals surface area (Å²) in [5.41, 5.74) is 0. The third kappa shape index (κ3) is 5.85. The lowest BCUT2D eigenvalue weighted by Crippen LogP contribution is -2.15. The van der Waals surface area contributed by atoms with E-state index in [0.717, 1.165) is 6.42 Å². The molecule has 4 heteroatoms. The predicted molar refractivity (Wildman–Crippen MR) is 42.8 cm³/mol. The Kier molecular flexibility index (Phi) is 6.28. The minimum absolute atomic E-state index is 0.0266. The number of hydrogen-bond donors (Lipinski definition) is 0. The number of ketones is 1. The molecule has 0 N–H and O–H groups in total. The van der Waals surface area contributed by atoms with Gasteiger partial charge in [0.2, 0.25) is 0 Å². The zero-order valence-electron chi connectivity index (χ0n) is 7.46. The number of hydrogen-bond acceptors (Lipinski definition) is 4. The second-order valence-electron chi connectivity index (χ2n) is 2.37. The summed E-state index contributed by atoms with van der Waals surface area (Å²) in [5, 5.41) is 0. The van der Waals surface area contributed by atoms with Crippen LogP contribution >= 0.6 is 0 Å². The Bertz CT molecular complexity index is 153. The highest BCUT2D eigenvalue weighted by molar-refractivity contribution is 5.96. The molecule has 0 rings (SSSR count). The molecule has 0 unspecified atom stereocenters. The van der Waals surface area contributed by atoms with Gasteiger partial charge in [0.25, 0.3) is 0 Å². The maximum Gasteiger partial charge on any atom is 0.313 e. The van der Waals surface area contributed by atoms with Crippen molar-refractivity contribution in [1.29, 1.82) is 0 Å². The van der Waals surface area contributed by atoms with E-state index in [1.54, 1.807) is 0 Å². The van der Waals surface area contributed by atoms with Crippen molar-refractivity contribution in [2.75, 3.05) is 20.3 Å². The lowest BCUT2D eigenvalue weighted by atomic mass is 10.3. The fourth-order valence-electron chi connectivity index (χ4n) is 0.640. The third-order valence-electron chi connectivity index (χ3n) is 1.11. The van der Waals surface area contributed by atoms with Crippen molar-refractivity contribution < 1.29 is 19.1 Å². The van der Waals surface area contributed by atoms with Gasteiger partial charge in [-0.3, -0.25) is 9.59 Å².